The topological polar surface area (TPSA) is 61.4 Å². The minimum atomic E-state index is 0. The molecular formula is C18H28ClN3O2. The highest BCUT2D eigenvalue weighted by Gasteiger charge is 2.16. The van der Waals surface area contributed by atoms with Gasteiger partial charge < -0.3 is 15.5 Å². The Hall–Kier alpha value is -1.59. The second-order valence-corrected chi connectivity index (χ2v) is 6.00. The standard InChI is InChI=1S/C18H27N3O2.ClH/c1-3-21(4-2)18(23)15-6-5-7-16(12-15)20-17(22)9-8-14-10-11-19-13-14;/h5-7,12,14,19H,3-4,8-11,13H2,1-2H3,(H,20,22);1H. The van der Waals surface area contributed by atoms with E-state index in [2.05, 4.69) is 10.6 Å². The summed E-state index contributed by atoms with van der Waals surface area (Å²) < 4.78 is 0. The van der Waals surface area contributed by atoms with Crippen LogP contribution in [-0.4, -0.2) is 42.9 Å². The fourth-order valence-electron chi connectivity index (χ4n) is 2.94. The van der Waals surface area contributed by atoms with Crippen molar-refractivity contribution < 1.29 is 9.59 Å². The van der Waals surface area contributed by atoms with Gasteiger partial charge >= 0.3 is 0 Å². The van der Waals surface area contributed by atoms with Crippen molar-refractivity contribution in [3.8, 4) is 0 Å². The lowest BCUT2D eigenvalue weighted by Gasteiger charge is -2.19. The number of nitrogens with one attached hydrogen (secondary N) is 2. The molecule has 1 fully saturated rings. The van der Waals surface area contributed by atoms with Gasteiger partial charge in [-0.15, -0.1) is 12.4 Å². The monoisotopic (exact) mass is 353 g/mol. The normalized spacial score (nSPS) is 16.3. The summed E-state index contributed by atoms with van der Waals surface area (Å²) in [6.45, 7) is 7.36. The molecule has 1 unspecified atom stereocenters. The largest absolute Gasteiger partial charge is 0.339 e. The smallest absolute Gasteiger partial charge is 0.253 e. The molecule has 1 aliphatic rings. The van der Waals surface area contributed by atoms with E-state index < -0.39 is 0 Å². The van der Waals surface area contributed by atoms with Crippen LogP contribution in [0.25, 0.3) is 0 Å². The van der Waals surface area contributed by atoms with Gasteiger partial charge in [0.1, 0.15) is 0 Å². The number of hydrogen-bond acceptors (Lipinski definition) is 3. The number of carbonyl (C=O) groups excluding carboxylic acids is 2. The number of halogens is 1. The molecule has 1 aromatic rings. The number of amides is 2. The first-order valence-electron chi connectivity index (χ1n) is 8.54. The SMILES string of the molecule is CCN(CC)C(=O)c1cccc(NC(=O)CCC2CCNC2)c1.Cl. The molecule has 2 amide bonds. The first-order chi connectivity index (χ1) is 11.1. The quantitative estimate of drug-likeness (QED) is 0.792. The van der Waals surface area contributed by atoms with Crippen molar-refractivity contribution in [3.05, 3.63) is 29.8 Å². The number of benzene rings is 1. The molecule has 0 spiro atoms. The molecule has 1 heterocycles. The van der Waals surface area contributed by atoms with Gasteiger partial charge in [-0.1, -0.05) is 6.07 Å². The summed E-state index contributed by atoms with van der Waals surface area (Å²) in [4.78, 5) is 26.2. The van der Waals surface area contributed by atoms with E-state index in [9.17, 15) is 9.59 Å². The van der Waals surface area contributed by atoms with E-state index in [1.807, 2.05) is 26.0 Å². The van der Waals surface area contributed by atoms with Gasteiger partial charge in [0.2, 0.25) is 5.91 Å². The number of nitrogens with zero attached hydrogens (tertiary/aromatic N) is 1. The molecule has 134 valence electrons. The fourth-order valence-corrected chi connectivity index (χ4v) is 2.94. The number of hydrogen-bond donors (Lipinski definition) is 2. The van der Waals surface area contributed by atoms with Crippen LogP contribution < -0.4 is 10.6 Å². The van der Waals surface area contributed by atoms with Gasteiger partial charge in [0.05, 0.1) is 0 Å². The van der Waals surface area contributed by atoms with E-state index in [1.165, 1.54) is 0 Å². The van der Waals surface area contributed by atoms with Gasteiger partial charge in [0.25, 0.3) is 5.91 Å². The summed E-state index contributed by atoms with van der Waals surface area (Å²) in [5, 5.41) is 6.22. The van der Waals surface area contributed by atoms with Crippen LogP contribution in [0.2, 0.25) is 0 Å². The van der Waals surface area contributed by atoms with E-state index in [-0.39, 0.29) is 24.2 Å². The van der Waals surface area contributed by atoms with Crippen molar-refractivity contribution >= 4 is 29.9 Å². The Bertz CT molecular complexity index is 541. The van der Waals surface area contributed by atoms with E-state index in [1.54, 1.807) is 17.0 Å². The Morgan fingerprint density at radius 3 is 2.67 bits per heavy atom. The third-order valence-electron chi connectivity index (χ3n) is 4.39. The highest BCUT2D eigenvalue weighted by atomic mass is 35.5. The molecule has 0 aliphatic carbocycles. The maximum Gasteiger partial charge on any atom is 0.253 e. The van der Waals surface area contributed by atoms with E-state index in [0.29, 0.717) is 36.7 Å². The molecule has 5 nitrogen and oxygen atoms in total. The van der Waals surface area contributed by atoms with Gasteiger partial charge in [0.15, 0.2) is 0 Å². The van der Waals surface area contributed by atoms with Crippen LogP contribution in [0.15, 0.2) is 24.3 Å². The van der Waals surface area contributed by atoms with Crippen molar-refractivity contribution in [3.63, 3.8) is 0 Å². The van der Waals surface area contributed by atoms with E-state index >= 15 is 0 Å². The van der Waals surface area contributed by atoms with Gasteiger partial charge in [-0.2, -0.15) is 0 Å². The van der Waals surface area contributed by atoms with Crippen LogP contribution in [0.5, 0.6) is 0 Å². The molecule has 1 aliphatic heterocycles. The van der Waals surface area contributed by atoms with Crippen molar-refractivity contribution in [2.24, 2.45) is 5.92 Å². The lowest BCUT2D eigenvalue weighted by atomic mass is 10.0. The molecule has 0 bridgehead atoms. The lowest BCUT2D eigenvalue weighted by Crippen LogP contribution is -2.30. The van der Waals surface area contributed by atoms with Gasteiger partial charge in [-0.25, -0.2) is 0 Å². The van der Waals surface area contributed by atoms with E-state index in [4.69, 9.17) is 0 Å². The summed E-state index contributed by atoms with van der Waals surface area (Å²) in [7, 11) is 0. The summed E-state index contributed by atoms with van der Waals surface area (Å²) >= 11 is 0. The third kappa shape index (κ3) is 5.80. The summed E-state index contributed by atoms with van der Waals surface area (Å²) in [5.74, 6) is 0.629. The predicted molar refractivity (Wildman–Crippen MR) is 99.8 cm³/mol. The maximum atomic E-state index is 12.4. The van der Waals surface area contributed by atoms with Gasteiger partial charge in [-0.05, 0) is 63.9 Å². The van der Waals surface area contributed by atoms with Crippen LogP contribution in [0.4, 0.5) is 5.69 Å². The Balaban J connectivity index is 0.00000288. The van der Waals surface area contributed by atoms with Crippen LogP contribution in [-0.2, 0) is 4.79 Å². The zero-order valence-electron chi connectivity index (χ0n) is 14.5. The Labute approximate surface area is 150 Å². The minimum absolute atomic E-state index is 0. The molecule has 1 aromatic carbocycles. The maximum absolute atomic E-state index is 12.4. The second-order valence-electron chi connectivity index (χ2n) is 6.00. The van der Waals surface area contributed by atoms with Gasteiger partial charge in [0, 0.05) is 30.8 Å². The lowest BCUT2D eigenvalue weighted by molar-refractivity contribution is -0.116. The van der Waals surface area contributed by atoms with Crippen molar-refractivity contribution in [1.82, 2.24) is 10.2 Å². The molecule has 2 rings (SSSR count). The van der Waals surface area contributed by atoms with E-state index in [0.717, 1.165) is 25.9 Å². The molecule has 1 saturated heterocycles. The molecule has 0 radical (unpaired) electrons. The average molecular weight is 354 g/mol. The fraction of sp³-hybridized carbons (Fsp3) is 0.556. The molecule has 6 heteroatoms. The third-order valence-corrected chi connectivity index (χ3v) is 4.39. The van der Waals surface area contributed by atoms with Crippen LogP contribution in [0.3, 0.4) is 0 Å². The number of carbonyl (C=O) groups is 2. The highest BCUT2D eigenvalue weighted by Crippen LogP contribution is 2.16. The predicted octanol–water partition coefficient (Wildman–Crippen LogP) is 2.92. The van der Waals surface area contributed by atoms with Crippen LogP contribution in [0, 0.1) is 5.92 Å². The summed E-state index contributed by atoms with van der Waals surface area (Å²) in [5.41, 5.74) is 1.31. The van der Waals surface area contributed by atoms with Gasteiger partial charge in [-0.3, -0.25) is 9.59 Å². The summed E-state index contributed by atoms with van der Waals surface area (Å²) in [6, 6.07) is 7.19. The molecule has 2 N–H and O–H groups in total. The van der Waals surface area contributed by atoms with Crippen molar-refractivity contribution in [2.45, 2.75) is 33.1 Å². The second kappa shape index (κ2) is 10.3. The number of anilines is 1. The number of rotatable bonds is 7. The Morgan fingerprint density at radius 1 is 1.29 bits per heavy atom. The molecule has 0 aromatic heterocycles. The zero-order chi connectivity index (χ0) is 16.7. The summed E-state index contributed by atoms with van der Waals surface area (Å²) in [6.07, 6.45) is 2.60. The Kier molecular flexibility index (Phi) is 8.79. The highest BCUT2D eigenvalue weighted by molar-refractivity contribution is 5.97. The van der Waals surface area contributed by atoms with Crippen molar-refractivity contribution in [2.75, 3.05) is 31.5 Å². The van der Waals surface area contributed by atoms with Crippen molar-refractivity contribution in [1.29, 1.82) is 0 Å². The Morgan fingerprint density at radius 2 is 2.04 bits per heavy atom. The molecule has 24 heavy (non-hydrogen) atoms. The molecule has 1 atom stereocenters. The molecular weight excluding hydrogens is 326 g/mol. The van der Waals surface area contributed by atoms with Crippen LogP contribution in [0.1, 0.15) is 43.5 Å². The van der Waals surface area contributed by atoms with Crippen LogP contribution >= 0.6 is 12.4 Å². The minimum Gasteiger partial charge on any atom is -0.339 e. The first kappa shape index (κ1) is 20.5. The molecule has 0 saturated carbocycles. The zero-order valence-corrected chi connectivity index (χ0v) is 15.3. The first-order valence-corrected chi connectivity index (χ1v) is 8.54. The average Bonchev–Trinajstić information content (AvgIpc) is 3.08.